The van der Waals surface area contributed by atoms with Gasteiger partial charge in [0.2, 0.25) is 0 Å². The van der Waals surface area contributed by atoms with Crippen molar-refractivity contribution < 1.29 is 9.47 Å². The molecule has 1 heterocycles. The van der Waals surface area contributed by atoms with Crippen LogP contribution in [0.2, 0.25) is 0 Å². The predicted octanol–water partition coefficient (Wildman–Crippen LogP) is 2.19. The fourth-order valence-corrected chi connectivity index (χ4v) is 2.63. The average Bonchev–Trinajstić information content (AvgIpc) is 2.50. The summed E-state index contributed by atoms with van der Waals surface area (Å²) in [5.41, 5.74) is 0. The SMILES string of the molecule is CC1CCCC(C)C12OCCO2. The van der Waals surface area contributed by atoms with Crippen LogP contribution in [-0.2, 0) is 9.47 Å². The molecule has 2 nitrogen and oxygen atoms in total. The number of ether oxygens (including phenoxy) is 2. The highest BCUT2D eigenvalue weighted by Crippen LogP contribution is 2.43. The van der Waals surface area contributed by atoms with Crippen molar-refractivity contribution in [3.63, 3.8) is 0 Å². The smallest absolute Gasteiger partial charge is 0.173 e. The van der Waals surface area contributed by atoms with Gasteiger partial charge in [0.05, 0.1) is 13.2 Å². The van der Waals surface area contributed by atoms with E-state index in [1.54, 1.807) is 0 Å². The van der Waals surface area contributed by atoms with Gasteiger partial charge in [-0.2, -0.15) is 0 Å². The maximum Gasteiger partial charge on any atom is 0.173 e. The van der Waals surface area contributed by atoms with Crippen molar-refractivity contribution >= 4 is 0 Å². The fourth-order valence-electron chi connectivity index (χ4n) is 2.63. The van der Waals surface area contributed by atoms with Gasteiger partial charge in [0.25, 0.3) is 0 Å². The Morgan fingerprint density at radius 1 is 1.00 bits per heavy atom. The lowest BCUT2D eigenvalue weighted by Crippen LogP contribution is -2.46. The molecule has 1 aliphatic heterocycles. The minimum absolute atomic E-state index is 0.210. The molecule has 1 spiro atoms. The molecule has 0 N–H and O–H groups in total. The summed E-state index contributed by atoms with van der Waals surface area (Å²) >= 11 is 0. The van der Waals surface area contributed by atoms with E-state index < -0.39 is 0 Å². The van der Waals surface area contributed by atoms with E-state index in [0.29, 0.717) is 11.8 Å². The third-order valence-corrected chi connectivity index (χ3v) is 3.39. The van der Waals surface area contributed by atoms with Crippen LogP contribution in [0.15, 0.2) is 0 Å². The molecule has 0 aromatic carbocycles. The zero-order valence-corrected chi connectivity index (χ0v) is 8.01. The van der Waals surface area contributed by atoms with Crippen molar-refractivity contribution in [1.82, 2.24) is 0 Å². The second-order valence-electron chi connectivity index (χ2n) is 4.15. The zero-order chi connectivity index (χ0) is 8.60. The van der Waals surface area contributed by atoms with Crippen LogP contribution in [0.25, 0.3) is 0 Å². The zero-order valence-electron chi connectivity index (χ0n) is 8.01. The largest absolute Gasteiger partial charge is 0.347 e. The van der Waals surface area contributed by atoms with Gasteiger partial charge in [-0.15, -0.1) is 0 Å². The lowest BCUT2D eigenvalue weighted by Gasteiger charge is -2.42. The van der Waals surface area contributed by atoms with Crippen LogP contribution >= 0.6 is 0 Å². The van der Waals surface area contributed by atoms with Gasteiger partial charge in [-0.25, -0.2) is 0 Å². The summed E-state index contributed by atoms with van der Waals surface area (Å²) in [6.45, 7) is 6.07. The molecule has 2 unspecified atom stereocenters. The van der Waals surface area contributed by atoms with E-state index >= 15 is 0 Å². The van der Waals surface area contributed by atoms with E-state index in [2.05, 4.69) is 13.8 Å². The van der Waals surface area contributed by atoms with Crippen LogP contribution < -0.4 is 0 Å². The highest BCUT2D eigenvalue weighted by atomic mass is 16.7. The van der Waals surface area contributed by atoms with E-state index in [1.165, 1.54) is 19.3 Å². The first-order valence-electron chi connectivity index (χ1n) is 5.03. The molecule has 0 radical (unpaired) electrons. The van der Waals surface area contributed by atoms with Crippen molar-refractivity contribution in [2.45, 2.75) is 38.9 Å². The molecule has 0 bridgehead atoms. The van der Waals surface area contributed by atoms with Crippen LogP contribution in [0.3, 0.4) is 0 Å². The number of hydrogen-bond acceptors (Lipinski definition) is 2. The Kier molecular flexibility index (Phi) is 2.13. The van der Waals surface area contributed by atoms with Gasteiger partial charge >= 0.3 is 0 Å². The molecular weight excluding hydrogens is 152 g/mol. The highest BCUT2D eigenvalue weighted by Gasteiger charge is 2.48. The first-order valence-corrected chi connectivity index (χ1v) is 5.03. The summed E-state index contributed by atoms with van der Waals surface area (Å²) in [4.78, 5) is 0. The molecular formula is C10H18O2. The summed E-state index contributed by atoms with van der Waals surface area (Å²) < 4.78 is 11.6. The molecule has 70 valence electrons. The van der Waals surface area contributed by atoms with E-state index in [-0.39, 0.29) is 5.79 Å². The molecule has 0 aromatic rings. The number of rotatable bonds is 0. The second-order valence-corrected chi connectivity index (χ2v) is 4.15. The lowest BCUT2D eigenvalue weighted by molar-refractivity contribution is -0.237. The molecule has 2 aliphatic rings. The molecule has 2 fully saturated rings. The summed E-state index contributed by atoms with van der Waals surface area (Å²) in [6, 6.07) is 0. The van der Waals surface area contributed by atoms with E-state index in [1.807, 2.05) is 0 Å². The third-order valence-electron chi connectivity index (χ3n) is 3.39. The van der Waals surface area contributed by atoms with Crippen LogP contribution in [0.5, 0.6) is 0 Å². The summed E-state index contributed by atoms with van der Waals surface area (Å²) in [5.74, 6) is 0.936. The Bertz CT molecular complexity index is 149. The summed E-state index contributed by atoms with van der Waals surface area (Å²) in [6.07, 6.45) is 3.84. The van der Waals surface area contributed by atoms with Gasteiger partial charge < -0.3 is 9.47 Å². The van der Waals surface area contributed by atoms with E-state index in [0.717, 1.165) is 13.2 Å². The van der Waals surface area contributed by atoms with Gasteiger partial charge in [0, 0.05) is 11.8 Å². The van der Waals surface area contributed by atoms with Crippen LogP contribution in [0.4, 0.5) is 0 Å². The molecule has 1 saturated carbocycles. The monoisotopic (exact) mass is 170 g/mol. The minimum Gasteiger partial charge on any atom is -0.347 e. The van der Waals surface area contributed by atoms with E-state index in [4.69, 9.17) is 9.47 Å². The van der Waals surface area contributed by atoms with Gasteiger partial charge in [-0.1, -0.05) is 20.3 Å². The molecule has 0 aromatic heterocycles. The minimum atomic E-state index is -0.210. The average molecular weight is 170 g/mol. The van der Waals surface area contributed by atoms with Crippen molar-refractivity contribution in [1.29, 1.82) is 0 Å². The van der Waals surface area contributed by atoms with Crippen molar-refractivity contribution in [3.8, 4) is 0 Å². The first kappa shape index (κ1) is 8.52. The maximum absolute atomic E-state index is 5.78. The molecule has 2 atom stereocenters. The van der Waals surface area contributed by atoms with Crippen LogP contribution in [0, 0.1) is 11.8 Å². The first-order chi connectivity index (χ1) is 5.76. The normalized spacial score (nSPS) is 40.5. The Morgan fingerprint density at radius 3 is 2.00 bits per heavy atom. The van der Waals surface area contributed by atoms with Crippen molar-refractivity contribution in [2.75, 3.05) is 13.2 Å². The Hall–Kier alpha value is -0.0800. The quantitative estimate of drug-likeness (QED) is 0.555. The fraction of sp³-hybridized carbons (Fsp3) is 1.00. The predicted molar refractivity (Wildman–Crippen MR) is 46.8 cm³/mol. The van der Waals surface area contributed by atoms with E-state index in [9.17, 15) is 0 Å². The second kappa shape index (κ2) is 3.00. The number of hydrogen-bond donors (Lipinski definition) is 0. The van der Waals surface area contributed by atoms with Gasteiger partial charge in [-0.3, -0.25) is 0 Å². The van der Waals surface area contributed by atoms with Gasteiger partial charge in [0.15, 0.2) is 5.79 Å². The summed E-state index contributed by atoms with van der Waals surface area (Å²) in [7, 11) is 0. The lowest BCUT2D eigenvalue weighted by atomic mass is 9.77. The van der Waals surface area contributed by atoms with Gasteiger partial charge in [-0.05, 0) is 12.8 Å². The van der Waals surface area contributed by atoms with Crippen LogP contribution in [-0.4, -0.2) is 19.0 Å². The van der Waals surface area contributed by atoms with Gasteiger partial charge in [0.1, 0.15) is 0 Å². The Balaban J connectivity index is 2.16. The maximum atomic E-state index is 5.78. The third kappa shape index (κ3) is 1.09. The molecule has 12 heavy (non-hydrogen) atoms. The van der Waals surface area contributed by atoms with Crippen molar-refractivity contribution in [2.24, 2.45) is 11.8 Å². The summed E-state index contributed by atoms with van der Waals surface area (Å²) in [5, 5.41) is 0. The molecule has 1 saturated heterocycles. The molecule has 2 heteroatoms. The van der Waals surface area contributed by atoms with Crippen LogP contribution in [0.1, 0.15) is 33.1 Å². The van der Waals surface area contributed by atoms with Crippen molar-refractivity contribution in [3.05, 3.63) is 0 Å². The topological polar surface area (TPSA) is 18.5 Å². The molecule has 0 amide bonds. The Labute approximate surface area is 74.2 Å². The highest BCUT2D eigenvalue weighted by molar-refractivity contribution is 4.88. The Morgan fingerprint density at radius 2 is 1.50 bits per heavy atom. The molecule has 1 aliphatic carbocycles. The molecule has 2 rings (SSSR count). The standard InChI is InChI=1S/C10H18O2/c1-8-4-3-5-9(2)10(8)11-6-7-12-10/h8-9H,3-7H2,1-2H3.